The number of benzene rings is 1. The van der Waals surface area contributed by atoms with Crippen LogP contribution in [0.5, 0.6) is 0 Å². The van der Waals surface area contributed by atoms with Gasteiger partial charge in [-0.05, 0) is 27.6 Å². The van der Waals surface area contributed by atoms with Crippen molar-refractivity contribution in [2.45, 2.75) is 10.8 Å². The number of rotatable bonds is 2. The minimum atomic E-state index is -3.92. The molecule has 0 aliphatic carbocycles. The summed E-state index contributed by atoms with van der Waals surface area (Å²) >= 11 is 8.60. The van der Waals surface area contributed by atoms with Gasteiger partial charge in [0.2, 0.25) is 0 Å². The second kappa shape index (κ2) is 4.71. The van der Waals surface area contributed by atoms with Crippen LogP contribution in [-0.2, 0) is 14.9 Å². The van der Waals surface area contributed by atoms with Gasteiger partial charge >= 0.3 is 0 Å². The third-order valence-corrected chi connectivity index (χ3v) is 4.48. The van der Waals surface area contributed by atoms with E-state index in [1.54, 1.807) is 0 Å². The van der Waals surface area contributed by atoms with Gasteiger partial charge in [-0.25, -0.2) is 8.42 Å². The van der Waals surface area contributed by atoms with Gasteiger partial charge in [-0.3, -0.25) is 0 Å². The van der Waals surface area contributed by atoms with E-state index in [1.807, 2.05) is 6.07 Å². The summed E-state index contributed by atoms with van der Waals surface area (Å²) in [5, 5.41) is 8.72. The quantitative estimate of drug-likeness (QED) is 0.619. The Hall–Kier alpha value is -0.280. The summed E-state index contributed by atoms with van der Waals surface area (Å²) < 4.78 is 22.7. The molecule has 0 aromatic heterocycles. The highest BCUT2D eigenvalue weighted by molar-refractivity contribution is 9.10. The van der Waals surface area contributed by atoms with Crippen LogP contribution in [0.25, 0.3) is 0 Å². The summed E-state index contributed by atoms with van der Waals surface area (Å²) in [6.07, 6.45) is 0. The standard InChI is InChI=1S/C8H4BrCl2NO2S/c9-7-6(4-12)2-1-5(3-10)8(7)15(11,13)14/h1-2H,3H2. The molecule has 0 atom stereocenters. The van der Waals surface area contributed by atoms with E-state index in [1.165, 1.54) is 12.1 Å². The summed E-state index contributed by atoms with van der Waals surface area (Å²) in [4.78, 5) is -0.141. The molecule has 15 heavy (non-hydrogen) atoms. The second-order valence-corrected chi connectivity index (χ2v) is 6.16. The summed E-state index contributed by atoms with van der Waals surface area (Å²) in [5.41, 5.74) is 0.556. The first-order valence-corrected chi connectivity index (χ1v) is 7.27. The van der Waals surface area contributed by atoms with Crippen molar-refractivity contribution >= 4 is 47.3 Å². The number of hydrogen-bond donors (Lipinski definition) is 0. The van der Waals surface area contributed by atoms with Crippen LogP contribution in [0, 0.1) is 11.3 Å². The molecule has 1 aromatic carbocycles. The lowest BCUT2D eigenvalue weighted by Crippen LogP contribution is -1.99. The van der Waals surface area contributed by atoms with Gasteiger partial charge in [0, 0.05) is 16.6 Å². The Bertz CT molecular complexity index is 536. The van der Waals surface area contributed by atoms with Crippen molar-refractivity contribution in [3.05, 3.63) is 27.7 Å². The fourth-order valence-electron chi connectivity index (χ4n) is 1.05. The second-order valence-electron chi connectivity index (χ2n) is 2.60. The molecule has 0 aliphatic heterocycles. The fourth-order valence-corrected chi connectivity index (χ4v) is 4.05. The molecule has 7 heteroatoms. The number of halogens is 3. The lowest BCUT2D eigenvalue weighted by Gasteiger charge is -2.07. The van der Waals surface area contributed by atoms with Gasteiger partial charge in [-0.1, -0.05) is 6.07 Å². The molecule has 0 heterocycles. The Morgan fingerprint density at radius 3 is 2.47 bits per heavy atom. The normalized spacial score (nSPS) is 11.1. The van der Waals surface area contributed by atoms with Gasteiger partial charge in [0.05, 0.1) is 10.0 Å². The smallest absolute Gasteiger partial charge is 0.207 e. The van der Waals surface area contributed by atoms with Crippen LogP contribution in [-0.4, -0.2) is 8.42 Å². The summed E-state index contributed by atoms with van der Waals surface area (Å²) in [6.45, 7) is 0. The van der Waals surface area contributed by atoms with Gasteiger partial charge in [0.25, 0.3) is 9.05 Å². The molecule has 0 aliphatic rings. The molecule has 0 amide bonds. The zero-order chi connectivity index (χ0) is 11.6. The third-order valence-electron chi connectivity index (χ3n) is 1.69. The Kier molecular flexibility index (Phi) is 4.01. The van der Waals surface area contributed by atoms with Crippen molar-refractivity contribution in [1.82, 2.24) is 0 Å². The molecule has 0 N–H and O–H groups in total. The van der Waals surface area contributed by atoms with Crippen LogP contribution in [0.4, 0.5) is 0 Å². The number of nitriles is 1. The Morgan fingerprint density at radius 1 is 1.47 bits per heavy atom. The monoisotopic (exact) mass is 327 g/mol. The predicted molar refractivity (Wildman–Crippen MR) is 61.5 cm³/mol. The van der Waals surface area contributed by atoms with Crippen molar-refractivity contribution in [2.75, 3.05) is 0 Å². The molecule has 0 saturated heterocycles. The van der Waals surface area contributed by atoms with E-state index >= 15 is 0 Å². The Balaban J connectivity index is 3.67. The van der Waals surface area contributed by atoms with Crippen LogP contribution >= 0.6 is 38.2 Å². The maximum Gasteiger partial charge on any atom is 0.262 e. The molecule has 0 bridgehead atoms. The molecule has 3 nitrogen and oxygen atoms in total. The van der Waals surface area contributed by atoms with Gasteiger partial charge < -0.3 is 0 Å². The van der Waals surface area contributed by atoms with E-state index in [0.29, 0.717) is 5.56 Å². The van der Waals surface area contributed by atoms with E-state index in [9.17, 15) is 8.42 Å². The van der Waals surface area contributed by atoms with Crippen LogP contribution < -0.4 is 0 Å². The van der Waals surface area contributed by atoms with Crippen molar-refractivity contribution in [1.29, 1.82) is 5.26 Å². The van der Waals surface area contributed by atoms with Crippen molar-refractivity contribution in [3.63, 3.8) is 0 Å². The first-order valence-electron chi connectivity index (χ1n) is 3.64. The van der Waals surface area contributed by atoms with Crippen molar-refractivity contribution in [2.24, 2.45) is 0 Å². The highest BCUT2D eigenvalue weighted by Crippen LogP contribution is 2.32. The number of alkyl halides is 1. The first-order chi connectivity index (χ1) is 6.91. The van der Waals surface area contributed by atoms with E-state index in [-0.39, 0.29) is 20.8 Å². The lowest BCUT2D eigenvalue weighted by molar-refractivity contribution is 0.608. The Morgan fingerprint density at radius 2 is 2.07 bits per heavy atom. The zero-order valence-electron chi connectivity index (χ0n) is 7.17. The van der Waals surface area contributed by atoms with Crippen LogP contribution in [0.15, 0.2) is 21.5 Å². The van der Waals surface area contributed by atoms with Gasteiger partial charge in [-0.2, -0.15) is 5.26 Å². The highest BCUT2D eigenvalue weighted by atomic mass is 79.9. The number of hydrogen-bond acceptors (Lipinski definition) is 3. The van der Waals surface area contributed by atoms with Crippen LogP contribution in [0.2, 0.25) is 0 Å². The predicted octanol–water partition coefficient (Wildman–Crippen LogP) is 2.99. The van der Waals surface area contributed by atoms with Crippen molar-refractivity contribution in [3.8, 4) is 6.07 Å². The minimum absolute atomic E-state index is 0.00555. The van der Waals surface area contributed by atoms with Gasteiger partial charge in [-0.15, -0.1) is 11.6 Å². The first kappa shape index (κ1) is 12.8. The molecule has 0 spiro atoms. The zero-order valence-corrected chi connectivity index (χ0v) is 11.1. The minimum Gasteiger partial charge on any atom is -0.207 e. The number of nitrogens with zero attached hydrogens (tertiary/aromatic N) is 1. The Labute approximate surface area is 105 Å². The maximum atomic E-state index is 11.3. The summed E-state index contributed by atoms with van der Waals surface area (Å²) in [5.74, 6) is 0.00555. The summed E-state index contributed by atoms with van der Waals surface area (Å²) in [6, 6.07) is 4.79. The maximum absolute atomic E-state index is 11.3. The average Bonchev–Trinajstić information content (AvgIpc) is 2.15. The van der Waals surface area contributed by atoms with E-state index in [0.717, 1.165) is 0 Å². The highest BCUT2D eigenvalue weighted by Gasteiger charge is 2.21. The topological polar surface area (TPSA) is 57.9 Å². The molecule has 0 radical (unpaired) electrons. The fraction of sp³-hybridized carbons (Fsp3) is 0.125. The summed E-state index contributed by atoms with van der Waals surface area (Å²) in [7, 11) is 1.33. The molecule has 0 saturated carbocycles. The van der Waals surface area contributed by atoms with Gasteiger partial charge in [0.15, 0.2) is 0 Å². The van der Waals surface area contributed by atoms with E-state index < -0.39 is 9.05 Å². The molecular weight excluding hydrogens is 325 g/mol. The average molecular weight is 329 g/mol. The van der Waals surface area contributed by atoms with E-state index in [4.69, 9.17) is 27.5 Å². The molecule has 0 unspecified atom stereocenters. The lowest BCUT2D eigenvalue weighted by atomic mass is 10.2. The van der Waals surface area contributed by atoms with E-state index in [2.05, 4.69) is 15.9 Å². The van der Waals surface area contributed by atoms with Crippen molar-refractivity contribution < 1.29 is 8.42 Å². The molecule has 1 rings (SSSR count). The molecular formula is C8H4BrCl2NO2S. The van der Waals surface area contributed by atoms with Crippen LogP contribution in [0.3, 0.4) is 0 Å². The molecule has 80 valence electrons. The third kappa shape index (κ3) is 2.64. The SMILES string of the molecule is N#Cc1ccc(CCl)c(S(=O)(=O)Cl)c1Br. The molecule has 1 aromatic rings. The van der Waals surface area contributed by atoms with Crippen LogP contribution in [0.1, 0.15) is 11.1 Å². The molecule has 0 fully saturated rings. The largest absolute Gasteiger partial charge is 0.262 e. The van der Waals surface area contributed by atoms with Gasteiger partial charge in [0.1, 0.15) is 11.0 Å².